The molecular formula is C59H62N3OPt-. The molecule has 0 radical (unpaired) electrons. The van der Waals surface area contributed by atoms with Gasteiger partial charge in [0.15, 0.2) is 0 Å². The standard InChI is InChI=1S/C59H62N3O.Pt/c1-37-30-46(26-27-47(37)39-18-15-14-16-19-39)62-52-21-17-20-48(53(52)61-55(62)49-35-45(58(8,9)10)36-50(54(49)63)59(11,12)13)41-31-42(33-44(32-41)57(5,6)7)51-34-40(28-29-60-51)38-22-24-43(25-23-38)56(2,3)4;/h14-30,32-36,63H,1-13H3;/q-1;/i1D3,2D3,3D3,4D3,22D,23D,24D,25D;. The summed E-state index contributed by atoms with van der Waals surface area (Å²) in [6.07, 6.45) is 1.38. The van der Waals surface area contributed by atoms with Crippen LogP contribution in [0.4, 0.5) is 0 Å². The Morgan fingerprint density at radius 3 is 1.94 bits per heavy atom. The Bertz CT molecular complexity index is 3620. The predicted octanol–water partition coefficient (Wildman–Crippen LogP) is 15.8. The number of hydrogen-bond donors (Lipinski definition) is 1. The van der Waals surface area contributed by atoms with Crippen molar-refractivity contribution in [3.8, 4) is 67.5 Å². The van der Waals surface area contributed by atoms with Crippen LogP contribution in [0.5, 0.6) is 5.75 Å². The van der Waals surface area contributed by atoms with Gasteiger partial charge in [-0.3, -0.25) is 9.55 Å². The summed E-state index contributed by atoms with van der Waals surface area (Å²) in [5.74, 6) is 0.370. The maximum absolute atomic E-state index is 12.5. The molecule has 2 aromatic heterocycles. The monoisotopic (exact) mass is 1040 g/mol. The molecule has 2 heterocycles. The van der Waals surface area contributed by atoms with E-state index in [0.717, 1.165) is 16.7 Å². The summed E-state index contributed by atoms with van der Waals surface area (Å²) < 4.78 is 139. The van der Waals surface area contributed by atoms with E-state index >= 15 is 0 Å². The first kappa shape index (κ1) is 29.8. The molecule has 0 amide bonds. The number of nitrogens with zero attached hydrogens (tertiary/aromatic N) is 3. The Labute approximate surface area is 418 Å². The van der Waals surface area contributed by atoms with E-state index in [1.54, 1.807) is 12.1 Å². The minimum atomic E-state index is -3.83. The topological polar surface area (TPSA) is 50.9 Å². The van der Waals surface area contributed by atoms with Gasteiger partial charge in [0.05, 0.1) is 22.1 Å². The van der Waals surface area contributed by atoms with Crippen molar-refractivity contribution in [3.05, 3.63) is 167 Å². The molecule has 0 spiro atoms. The van der Waals surface area contributed by atoms with E-state index in [0.29, 0.717) is 55.9 Å². The molecule has 0 unspecified atom stereocenters. The van der Waals surface area contributed by atoms with Crippen LogP contribution in [0.2, 0.25) is 0 Å². The van der Waals surface area contributed by atoms with Crippen molar-refractivity contribution in [3.63, 3.8) is 0 Å². The van der Waals surface area contributed by atoms with Crippen LogP contribution in [0, 0.1) is 12.9 Å². The quantitative estimate of drug-likeness (QED) is 0.169. The minimum Gasteiger partial charge on any atom is -0.507 e. The summed E-state index contributed by atoms with van der Waals surface area (Å²) >= 11 is 0. The number of aromatic nitrogens is 3. The molecule has 0 atom stereocenters. The summed E-state index contributed by atoms with van der Waals surface area (Å²) in [6, 6.07) is 30.5. The van der Waals surface area contributed by atoms with Crippen LogP contribution in [0.15, 0.2) is 133 Å². The van der Waals surface area contributed by atoms with Crippen LogP contribution in [-0.2, 0) is 42.7 Å². The maximum Gasteiger partial charge on any atom is 0.148 e. The maximum atomic E-state index is 12.5. The summed E-state index contributed by atoms with van der Waals surface area (Å²) in [7, 11) is 0. The van der Waals surface area contributed by atoms with Gasteiger partial charge in [0.1, 0.15) is 11.6 Å². The fourth-order valence-corrected chi connectivity index (χ4v) is 7.77. The molecule has 1 N–H and O–H groups in total. The average molecular weight is 1040 g/mol. The van der Waals surface area contributed by atoms with E-state index in [1.165, 1.54) is 18.3 Å². The third kappa shape index (κ3) is 9.18. The minimum absolute atomic E-state index is 0. The number of aryl methyl sites for hydroxylation is 1. The fourth-order valence-electron chi connectivity index (χ4n) is 7.77. The fraction of sp³-hybridized carbons (Fsp3) is 0.288. The number of aromatic hydroxyl groups is 1. The molecule has 330 valence electrons. The number of pyridine rings is 1. The molecule has 0 bridgehead atoms. The first-order valence-corrected chi connectivity index (χ1v) is 21.0. The second-order valence-electron chi connectivity index (χ2n) is 19.3. The normalized spacial score (nSPS) is 16.8. The van der Waals surface area contributed by atoms with E-state index in [2.05, 4.69) is 31.8 Å². The van der Waals surface area contributed by atoms with E-state index in [9.17, 15) is 5.11 Å². The Kier molecular flexibility index (Phi) is 7.96. The van der Waals surface area contributed by atoms with Gasteiger partial charge in [-0.1, -0.05) is 179 Å². The van der Waals surface area contributed by atoms with Crippen molar-refractivity contribution in [2.75, 3.05) is 0 Å². The number of imidazole rings is 1. The molecule has 0 saturated heterocycles. The average Bonchev–Trinajstić information content (AvgIpc) is 3.72. The number of fused-ring (bicyclic) bond motifs is 1. The van der Waals surface area contributed by atoms with Gasteiger partial charge >= 0.3 is 0 Å². The van der Waals surface area contributed by atoms with Crippen molar-refractivity contribution in [2.45, 2.75) is 111 Å². The van der Waals surface area contributed by atoms with Crippen LogP contribution >= 0.6 is 0 Å². The first-order chi connectivity index (χ1) is 36.2. The number of phenolic OH excluding ortho intramolecular Hbond substituents is 1. The molecule has 8 rings (SSSR count). The van der Waals surface area contributed by atoms with Crippen LogP contribution in [0.3, 0.4) is 0 Å². The third-order valence-corrected chi connectivity index (χ3v) is 11.4. The number of hydrogen-bond acceptors (Lipinski definition) is 3. The number of para-hydroxylation sites is 1. The van der Waals surface area contributed by atoms with E-state index in [1.807, 2.05) is 125 Å². The predicted molar refractivity (Wildman–Crippen MR) is 266 cm³/mol. The third-order valence-electron chi connectivity index (χ3n) is 11.4. The van der Waals surface area contributed by atoms with Crippen molar-refractivity contribution in [1.82, 2.24) is 14.5 Å². The Hall–Kier alpha value is -5.57. The Balaban J connectivity index is 0.00000924. The number of phenols is 1. The number of benzene rings is 6. The molecule has 4 nitrogen and oxygen atoms in total. The second kappa shape index (κ2) is 17.1. The van der Waals surface area contributed by atoms with Gasteiger partial charge in [0.2, 0.25) is 0 Å². The van der Waals surface area contributed by atoms with Gasteiger partial charge < -0.3 is 5.11 Å². The summed E-state index contributed by atoms with van der Waals surface area (Å²) in [5.41, 5.74) is 1.01. The van der Waals surface area contributed by atoms with Gasteiger partial charge in [0, 0.05) is 60.7 Å². The molecule has 0 aliphatic heterocycles. The summed E-state index contributed by atoms with van der Waals surface area (Å²) in [5, 5.41) is 12.5. The summed E-state index contributed by atoms with van der Waals surface area (Å²) in [4.78, 5) is 10.1. The van der Waals surface area contributed by atoms with Gasteiger partial charge in [-0.15, -0.1) is 29.3 Å². The van der Waals surface area contributed by atoms with E-state index in [4.69, 9.17) is 26.9 Å². The molecule has 64 heavy (non-hydrogen) atoms. The smallest absolute Gasteiger partial charge is 0.148 e. The van der Waals surface area contributed by atoms with Crippen LogP contribution in [-0.4, -0.2) is 19.6 Å². The van der Waals surface area contributed by atoms with Gasteiger partial charge in [0.25, 0.3) is 0 Å². The van der Waals surface area contributed by atoms with E-state index < -0.39 is 73.4 Å². The van der Waals surface area contributed by atoms with Crippen molar-refractivity contribution in [2.24, 2.45) is 0 Å². The number of rotatable bonds is 6. The first-order valence-electron chi connectivity index (χ1n) is 29.0. The SMILES string of the molecule is [2H]c1c([2H])c(C(C([2H])([2H])[2H])(C([2H])([2H])[2H])C([2H])([2H])[2H])c([2H])c([2H])c1-c1ccnc(-c2[c-]c(-c3cccc4c3nc(-c3cc(C(C)(C)C)cc(C(C)(C)C)c3O)n4-c3ccc(-c4ccccc4)c(C([2H])([2H])[2H])c3)cc(C(C)(C)C)c2)c1.[Pt]. The van der Waals surface area contributed by atoms with Crippen LogP contribution in [0.1, 0.15) is 133 Å². The molecular weight excluding hydrogens is 962 g/mol. The van der Waals surface area contributed by atoms with Crippen molar-refractivity contribution < 1.29 is 48.1 Å². The van der Waals surface area contributed by atoms with Crippen molar-refractivity contribution >= 4 is 11.0 Å². The zero-order chi connectivity index (χ0) is 58.7. The van der Waals surface area contributed by atoms with Gasteiger partial charge in [-0.05, 0) is 97.8 Å². The van der Waals surface area contributed by atoms with Crippen LogP contribution in [0.25, 0.3) is 72.7 Å². The summed E-state index contributed by atoms with van der Waals surface area (Å²) in [6.45, 7) is 4.38. The zero-order valence-corrected chi connectivity index (χ0v) is 39.8. The molecule has 0 fully saturated rings. The molecule has 6 aromatic carbocycles. The van der Waals surface area contributed by atoms with Crippen LogP contribution < -0.4 is 0 Å². The molecule has 0 aliphatic carbocycles. The largest absolute Gasteiger partial charge is 0.507 e. The molecule has 0 aliphatic rings. The van der Waals surface area contributed by atoms with Gasteiger partial charge in [-0.2, -0.15) is 0 Å². The zero-order valence-electron chi connectivity index (χ0n) is 53.5. The molecule has 5 heteroatoms. The Morgan fingerprint density at radius 1 is 0.594 bits per heavy atom. The van der Waals surface area contributed by atoms with Crippen molar-refractivity contribution in [1.29, 1.82) is 0 Å². The molecule has 8 aromatic rings. The van der Waals surface area contributed by atoms with E-state index in [-0.39, 0.29) is 54.6 Å². The van der Waals surface area contributed by atoms with Gasteiger partial charge in [-0.25, -0.2) is 4.98 Å². The molecule has 0 saturated carbocycles. The second-order valence-corrected chi connectivity index (χ2v) is 19.3. The Morgan fingerprint density at radius 2 is 1.28 bits per heavy atom.